The molecule has 1 saturated heterocycles. The van der Waals surface area contributed by atoms with Crippen molar-refractivity contribution in [2.75, 3.05) is 43.4 Å². The highest BCUT2D eigenvalue weighted by Crippen LogP contribution is 2.18. The number of nitrogens with one attached hydrogen (secondary N) is 2. The van der Waals surface area contributed by atoms with Gasteiger partial charge in [0.25, 0.3) is 5.91 Å². The van der Waals surface area contributed by atoms with Crippen LogP contribution in [0.5, 0.6) is 0 Å². The largest absolute Gasteiger partial charge is 0.340 e. The summed E-state index contributed by atoms with van der Waals surface area (Å²) in [5.41, 5.74) is 2.15. The van der Waals surface area contributed by atoms with Gasteiger partial charge in [0.05, 0.1) is 17.8 Å². The van der Waals surface area contributed by atoms with E-state index in [9.17, 15) is 14.4 Å². The number of hydrogen-bond acceptors (Lipinski definition) is 5. The zero-order chi connectivity index (χ0) is 23.9. The Balaban J connectivity index is 1.20. The Morgan fingerprint density at radius 1 is 0.853 bits per heavy atom. The molecule has 2 N–H and O–H groups in total. The van der Waals surface area contributed by atoms with Crippen molar-refractivity contribution in [3.8, 4) is 0 Å². The maximum absolute atomic E-state index is 12.6. The molecule has 2 heterocycles. The van der Waals surface area contributed by atoms with E-state index in [-0.39, 0.29) is 30.7 Å². The highest BCUT2D eigenvalue weighted by Gasteiger charge is 2.23. The second-order valence-electron chi connectivity index (χ2n) is 7.98. The Bertz CT molecular complexity index is 1140. The molecule has 1 aromatic heterocycles. The van der Waals surface area contributed by atoms with Crippen LogP contribution in [0.15, 0.2) is 66.0 Å². The summed E-state index contributed by atoms with van der Waals surface area (Å²) in [5, 5.41) is 8.17. The minimum Gasteiger partial charge on any atom is -0.340 e. The zero-order valence-corrected chi connectivity index (χ0v) is 20.1. The summed E-state index contributed by atoms with van der Waals surface area (Å²) >= 11 is 7.54. The molecule has 176 valence electrons. The molecule has 0 aliphatic carbocycles. The predicted octanol–water partition coefficient (Wildman–Crippen LogP) is 3.98. The lowest BCUT2D eigenvalue weighted by Gasteiger charge is -2.34. The summed E-state index contributed by atoms with van der Waals surface area (Å²) < 4.78 is 0. The van der Waals surface area contributed by atoms with Crippen molar-refractivity contribution < 1.29 is 14.4 Å². The molecule has 34 heavy (non-hydrogen) atoms. The molecular formula is C25H25ClN4O3S. The van der Waals surface area contributed by atoms with Crippen molar-refractivity contribution in [3.05, 3.63) is 81.5 Å². The number of benzene rings is 2. The predicted molar refractivity (Wildman–Crippen MR) is 136 cm³/mol. The van der Waals surface area contributed by atoms with Crippen LogP contribution in [0.2, 0.25) is 5.02 Å². The Morgan fingerprint density at radius 3 is 2.18 bits per heavy atom. The van der Waals surface area contributed by atoms with Crippen molar-refractivity contribution in [2.24, 2.45) is 0 Å². The number of carbonyl (C=O) groups is 3. The lowest BCUT2D eigenvalue weighted by atomic mass is 10.1. The summed E-state index contributed by atoms with van der Waals surface area (Å²) in [6.45, 7) is 2.68. The molecular weight excluding hydrogens is 472 g/mol. The SMILES string of the molecule is O=C(CN1CCN(C(=O)Cc2ccccc2Cl)CC1)Nc1ccc(NC(=O)c2cccs2)cc1. The molecule has 0 radical (unpaired) electrons. The maximum atomic E-state index is 12.6. The smallest absolute Gasteiger partial charge is 0.265 e. The standard InChI is InChI=1S/C25H25ClN4O3S/c26-21-5-2-1-4-18(21)16-24(32)30-13-11-29(12-14-30)17-23(31)27-19-7-9-20(10-8-19)28-25(33)22-6-3-15-34-22/h1-10,15H,11-14,16-17H2,(H,27,31)(H,28,33). The van der Waals surface area contributed by atoms with E-state index in [4.69, 9.17) is 11.6 Å². The Kier molecular flexibility index (Phi) is 7.95. The molecule has 3 amide bonds. The van der Waals surface area contributed by atoms with Gasteiger partial charge >= 0.3 is 0 Å². The van der Waals surface area contributed by atoms with Crippen molar-refractivity contribution in [1.29, 1.82) is 0 Å². The number of rotatable bonds is 7. The van der Waals surface area contributed by atoms with Gasteiger partial charge in [0.15, 0.2) is 0 Å². The van der Waals surface area contributed by atoms with Crippen LogP contribution in [0.25, 0.3) is 0 Å². The van der Waals surface area contributed by atoms with Crippen LogP contribution < -0.4 is 10.6 Å². The van der Waals surface area contributed by atoms with Crippen LogP contribution in [0.4, 0.5) is 11.4 Å². The van der Waals surface area contributed by atoms with Crippen molar-refractivity contribution in [1.82, 2.24) is 9.80 Å². The topological polar surface area (TPSA) is 81.8 Å². The fourth-order valence-electron chi connectivity index (χ4n) is 3.71. The minimum atomic E-state index is -0.156. The molecule has 2 aromatic carbocycles. The highest BCUT2D eigenvalue weighted by molar-refractivity contribution is 7.12. The first-order chi connectivity index (χ1) is 16.5. The molecule has 7 nitrogen and oxygen atoms in total. The van der Waals surface area contributed by atoms with Gasteiger partial charge in [-0.2, -0.15) is 0 Å². The third kappa shape index (κ3) is 6.44. The van der Waals surface area contributed by atoms with Gasteiger partial charge < -0.3 is 15.5 Å². The minimum absolute atomic E-state index is 0.0449. The molecule has 1 aliphatic heterocycles. The van der Waals surface area contributed by atoms with Crippen LogP contribution in [0, 0.1) is 0 Å². The second-order valence-corrected chi connectivity index (χ2v) is 9.34. The summed E-state index contributed by atoms with van der Waals surface area (Å²) in [7, 11) is 0. The van der Waals surface area contributed by atoms with Crippen molar-refractivity contribution >= 4 is 52.0 Å². The first kappa shape index (κ1) is 23.9. The van der Waals surface area contributed by atoms with Gasteiger partial charge in [-0.1, -0.05) is 35.9 Å². The van der Waals surface area contributed by atoms with E-state index in [1.54, 1.807) is 36.4 Å². The average molecular weight is 497 g/mol. The third-order valence-electron chi connectivity index (χ3n) is 5.56. The number of thiophene rings is 1. The van der Waals surface area contributed by atoms with Crippen LogP contribution >= 0.6 is 22.9 Å². The molecule has 9 heteroatoms. The number of carbonyl (C=O) groups excluding carboxylic acids is 3. The molecule has 0 atom stereocenters. The van der Waals surface area contributed by atoms with E-state index < -0.39 is 0 Å². The third-order valence-corrected chi connectivity index (χ3v) is 6.80. The molecule has 1 aliphatic rings. The molecule has 0 spiro atoms. The number of nitrogens with zero attached hydrogens (tertiary/aromatic N) is 2. The van der Waals surface area contributed by atoms with Gasteiger partial charge in [0.2, 0.25) is 11.8 Å². The van der Waals surface area contributed by atoms with Crippen LogP contribution in [0.1, 0.15) is 15.2 Å². The summed E-state index contributed by atoms with van der Waals surface area (Å²) in [6, 6.07) is 18.0. The summed E-state index contributed by atoms with van der Waals surface area (Å²) in [4.78, 5) is 41.7. The Morgan fingerprint density at radius 2 is 1.53 bits per heavy atom. The Labute approximate surface area is 207 Å². The zero-order valence-electron chi connectivity index (χ0n) is 18.5. The number of anilines is 2. The lowest BCUT2D eigenvalue weighted by Crippen LogP contribution is -2.50. The lowest BCUT2D eigenvalue weighted by molar-refractivity contribution is -0.132. The first-order valence-corrected chi connectivity index (χ1v) is 12.2. The average Bonchev–Trinajstić information content (AvgIpc) is 3.37. The quantitative estimate of drug-likeness (QED) is 0.518. The number of amides is 3. The van der Waals surface area contributed by atoms with Gasteiger partial charge in [-0.15, -0.1) is 11.3 Å². The summed E-state index contributed by atoms with van der Waals surface area (Å²) in [6.07, 6.45) is 0.282. The van der Waals surface area contributed by atoms with Crippen LogP contribution in [-0.4, -0.2) is 60.2 Å². The van der Waals surface area contributed by atoms with E-state index in [1.807, 2.05) is 39.4 Å². The monoisotopic (exact) mass is 496 g/mol. The van der Waals surface area contributed by atoms with Crippen molar-refractivity contribution in [2.45, 2.75) is 6.42 Å². The molecule has 0 bridgehead atoms. The van der Waals surface area contributed by atoms with Crippen LogP contribution in [0.3, 0.4) is 0 Å². The highest BCUT2D eigenvalue weighted by atomic mass is 35.5. The molecule has 1 fully saturated rings. The molecule has 0 unspecified atom stereocenters. The first-order valence-electron chi connectivity index (χ1n) is 11.0. The number of hydrogen-bond donors (Lipinski definition) is 2. The fourth-order valence-corrected chi connectivity index (χ4v) is 4.53. The van der Waals surface area contributed by atoms with Gasteiger partial charge in [0, 0.05) is 42.6 Å². The molecule has 3 aromatic rings. The van der Waals surface area contributed by atoms with E-state index in [2.05, 4.69) is 10.6 Å². The van der Waals surface area contributed by atoms with Crippen LogP contribution in [-0.2, 0) is 16.0 Å². The van der Waals surface area contributed by atoms with E-state index >= 15 is 0 Å². The number of halogens is 1. The van der Waals surface area contributed by atoms with E-state index in [0.29, 0.717) is 47.5 Å². The second kappa shape index (κ2) is 11.3. The van der Waals surface area contributed by atoms with Gasteiger partial charge in [-0.25, -0.2) is 0 Å². The van der Waals surface area contributed by atoms with Gasteiger partial charge in [-0.3, -0.25) is 19.3 Å². The van der Waals surface area contributed by atoms with Gasteiger partial charge in [-0.05, 0) is 47.3 Å². The number of piperazine rings is 1. The maximum Gasteiger partial charge on any atom is 0.265 e. The molecule has 0 saturated carbocycles. The normalized spacial score (nSPS) is 14.0. The van der Waals surface area contributed by atoms with E-state index in [1.165, 1.54) is 11.3 Å². The van der Waals surface area contributed by atoms with E-state index in [0.717, 1.165) is 5.56 Å². The summed E-state index contributed by atoms with van der Waals surface area (Å²) in [5.74, 6) is -0.231. The van der Waals surface area contributed by atoms with Crippen molar-refractivity contribution in [3.63, 3.8) is 0 Å². The Hall–Kier alpha value is -3.20. The fraction of sp³-hybridized carbons (Fsp3) is 0.240. The van der Waals surface area contributed by atoms with Gasteiger partial charge in [0.1, 0.15) is 0 Å². The molecule has 4 rings (SSSR count).